The second kappa shape index (κ2) is 10.8. The van der Waals surface area contributed by atoms with Crippen LogP contribution in [0.25, 0.3) is 0 Å². The molecule has 0 bridgehead atoms. The number of aromatic carboxylic acids is 1. The monoisotopic (exact) mass is 479 g/mol. The first kappa shape index (κ1) is 23.9. The van der Waals surface area contributed by atoms with Crippen molar-refractivity contribution in [1.29, 1.82) is 0 Å². The topological polar surface area (TPSA) is 125 Å². The summed E-state index contributed by atoms with van der Waals surface area (Å²) in [5, 5.41) is 17.5. The van der Waals surface area contributed by atoms with E-state index in [1.165, 1.54) is 30.3 Å². The molecule has 3 amide bonds. The largest absolute Gasteiger partial charge is 0.478 e. The van der Waals surface area contributed by atoms with E-state index in [1.807, 2.05) is 0 Å². The van der Waals surface area contributed by atoms with Gasteiger partial charge in [-0.1, -0.05) is 48.5 Å². The Labute approximate surface area is 206 Å². The van der Waals surface area contributed by atoms with Crippen LogP contribution in [0.1, 0.15) is 41.4 Å². The highest BCUT2D eigenvalue weighted by molar-refractivity contribution is 6.11. The van der Waals surface area contributed by atoms with Gasteiger partial charge in [-0.2, -0.15) is 0 Å². The molecule has 8 nitrogen and oxygen atoms in total. The van der Waals surface area contributed by atoms with E-state index in [9.17, 15) is 24.3 Å². The van der Waals surface area contributed by atoms with Crippen molar-refractivity contribution >= 4 is 40.8 Å². The Morgan fingerprint density at radius 2 is 0.944 bits per heavy atom. The van der Waals surface area contributed by atoms with Crippen LogP contribution in [0.4, 0.5) is 17.1 Å². The molecule has 36 heavy (non-hydrogen) atoms. The summed E-state index contributed by atoms with van der Waals surface area (Å²) >= 11 is 0. The fourth-order valence-corrected chi connectivity index (χ4v) is 3.46. The Hall–Kier alpha value is -5.24. The van der Waals surface area contributed by atoms with Gasteiger partial charge in [0.1, 0.15) is 0 Å². The van der Waals surface area contributed by atoms with Crippen LogP contribution in [0.2, 0.25) is 0 Å². The van der Waals surface area contributed by atoms with E-state index in [0.717, 1.165) is 0 Å². The van der Waals surface area contributed by atoms with Gasteiger partial charge in [-0.15, -0.1) is 0 Å². The standard InChI is InChI=1S/C28H21N3O5/c32-25(18-9-3-1-4-10-18)29-21-15-20(27(34)31-24-14-8-7-13-23(24)28(35)36)16-22(17-21)30-26(33)19-11-5-2-6-12-19/h1-17H,(H,29,32)(H,30,33)(H,31,34)(H,35,36). The molecular formula is C28H21N3O5. The van der Waals surface area contributed by atoms with Gasteiger partial charge in [0, 0.05) is 28.1 Å². The Morgan fingerprint density at radius 1 is 0.500 bits per heavy atom. The third-order valence-corrected chi connectivity index (χ3v) is 5.19. The average Bonchev–Trinajstić information content (AvgIpc) is 2.89. The quantitative estimate of drug-likeness (QED) is 0.292. The van der Waals surface area contributed by atoms with Crippen LogP contribution < -0.4 is 16.0 Å². The van der Waals surface area contributed by atoms with Crippen LogP contribution in [-0.4, -0.2) is 28.8 Å². The summed E-state index contributed by atoms with van der Waals surface area (Å²) in [6.07, 6.45) is 0. The van der Waals surface area contributed by atoms with E-state index < -0.39 is 23.7 Å². The third kappa shape index (κ3) is 5.81. The van der Waals surface area contributed by atoms with Crippen LogP contribution in [0, 0.1) is 0 Å². The maximum absolute atomic E-state index is 13.1. The SMILES string of the molecule is O=C(Nc1cc(NC(=O)c2ccccc2)cc(C(=O)Nc2ccccc2C(=O)O)c1)c1ccccc1. The molecule has 4 N–H and O–H groups in total. The second-order valence-electron chi connectivity index (χ2n) is 7.74. The number of hydrogen-bond acceptors (Lipinski definition) is 4. The Balaban J connectivity index is 1.65. The first-order valence-electron chi connectivity index (χ1n) is 10.9. The van der Waals surface area contributed by atoms with Crippen molar-refractivity contribution in [2.45, 2.75) is 0 Å². The molecule has 0 saturated heterocycles. The number of para-hydroxylation sites is 1. The van der Waals surface area contributed by atoms with Crippen molar-refractivity contribution in [2.24, 2.45) is 0 Å². The summed E-state index contributed by atoms with van der Waals surface area (Å²) in [5.41, 5.74) is 1.51. The predicted molar refractivity (Wildman–Crippen MR) is 137 cm³/mol. The van der Waals surface area contributed by atoms with Crippen LogP contribution in [-0.2, 0) is 0 Å². The zero-order chi connectivity index (χ0) is 25.5. The number of hydrogen-bond donors (Lipinski definition) is 4. The number of carbonyl (C=O) groups excluding carboxylic acids is 3. The van der Waals surface area contributed by atoms with E-state index in [2.05, 4.69) is 16.0 Å². The van der Waals surface area contributed by atoms with Crippen molar-refractivity contribution in [2.75, 3.05) is 16.0 Å². The minimum absolute atomic E-state index is 0.0722. The molecule has 0 fully saturated rings. The van der Waals surface area contributed by atoms with Crippen molar-refractivity contribution in [3.05, 3.63) is 125 Å². The predicted octanol–water partition coefficient (Wildman–Crippen LogP) is 5.14. The zero-order valence-electron chi connectivity index (χ0n) is 18.9. The van der Waals surface area contributed by atoms with Crippen molar-refractivity contribution in [1.82, 2.24) is 0 Å². The molecule has 4 aromatic rings. The van der Waals surface area contributed by atoms with Gasteiger partial charge in [-0.05, 0) is 54.6 Å². The molecule has 0 saturated carbocycles. The summed E-state index contributed by atoms with van der Waals surface area (Å²) in [7, 11) is 0. The van der Waals surface area contributed by atoms with E-state index in [4.69, 9.17) is 0 Å². The number of carboxylic acids is 1. The zero-order valence-corrected chi connectivity index (χ0v) is 18.9. The molecular weight excluding hydrogens is 458 g/mol. The molecule has 0 unspecified atom stereocenters. The third-order valence-electron chi connectivity index (χ3n) is 5.19. The van der Waals surface area contributed by atoms with Gasteiger partial charge in [-0.25, -0.2) is 4.79 Å². The van der Waals surface area contributed by atoms with Gasteiger partial charge in [-0.3, -0.25) is 14.4 Å². The van der Waals surface area contributed by atoms with Gasteiger partial charge in [0.05, 0.1) is 11.3 Å². The van der Waals surface area contributed by atoms with Crippen molar-refractivity contribution in [3.63, 3.8) is 0 Å². The van der Waals surface area contributed by atoms with Crippen LogP contribution in [0.15, 0.2) is 103 Å². The summed E-state index contributed by atoms with van der Waals surface area (Å²) < 4.78 is 0. The van der Waals surface area contributed by atoms with Gasteiger partial charge < -0.3 is 21.1 Å². The Bertz CT molecular complexity index is 1360. The molecule has 0 aliphatic rings. The maximum Gasteiger partial charge on any atom is 0.337 e. The molecule has 4 aromatic carbocycles. The molecule has 0 heterocycles. The van der Waals surface area contributed by atoms with E-state index >= 15 is 0 Å². The minimum Gasteiger partial charge on any atom is -0.478 e. The minimum atomic E-state index is -1.19. The van der Waals surface area contributed by atoms with Crippen molar-refractivity contribution in [3.8, 4) is 0 Å². The highest BCUT2D eigenvalue weighted by Gasteiger charge is 2.16. The molecule has 0 spiro atoms. The maximum atomic E-state index is 13.1. The molecule has 178 valence electrons. The summed E-state index contributed by atoms with van der Waals surface area (Å²) in [6.45, 7) is 0. The Kier molecular flexibility index (Phi) is 7.17. The summed E-state index contributed by atoms with van der Waals surface area (Å²) in [6, 6.07) is 27.5. The fraction of sp³-hybridized carbons (Fsp3) is 0. The molecule has 0 aliphatic heterocycles. The average molecular weight is 479 g/mol. The molecule has 4 rings (SSSR count). The number of carbonyl (C=O) groups is 4. The first-order chi connectivity index (χ1) is 17.4. The summed E-state index contributed by atoms with van der Waals surface area (Å²) in [4.78, 5) is 50.0. The van der Waals surface area contributed by atoms with Gasteiger partial charge in [0.15, 0.2) is 0 Å². The number of amides is 3. The van der Waals surface area contributed by atoms with Crippen LogP contribution >= 0.6 is 0 Å². The number of nitrogens with one attached hydrogen (secondary N) is 3. The summed E-state index contributed by atoms with van der Waals surface area (Å²) in [5.74, 6) is -2.60. The van der Waals surface area contributed by atoms with Crippen molar-refractivity contribution < 1.29 is 24.3 Å². The lowest BCUT2D eigenvalue weighted by Gasteiger charge is -2.13. The lowest BCUT2D eigenvalue weighted by molar-refractivity contribution is 0.0697. The highest BCUT2D eigenvalue weighted by Crippen LogP contribution is 2.23. The Morgan fingerprint density at radius 3 is 1.44 bits per heavy atom. The number of rotatable bonds is 7. The molecule has 8 heteroatoms. The number of anilines is 3. The first-order valence-corrected chi connectivity index (χ1v) is 10.9. The van der Waals surface area contributed by atoms with Crippen LogP contribution in [0.5, 0.6) is 0 Å². The molecule has 0 atom stereocenters. The molecule has 0 aliphatic carbocycles. The van der Waals surface area contributed by atoms with Crippen LogP contribution in [0.3, 0.4) is 0 Å². The number of carboxylic acid groups (broad SMARTS) is 1. The van der Waals surface area contributed by atoms with E-state index in [1.54, 1.807) is 72.8 Å². The fourth-order valence-electron chi connectivity index (χ4n) is 3.46. The second-order valence-corrected chi connectivity index (χ2v) is 7.74. The lowest BCUT2D eigenvalue weighted by Crippen LogP contribution is -2.18. The number of benzene rings is 4. The lowest BCUT2D eigenvalue weighted by atomic mass is 10.1. The highest BCUT2D eigenvalue weighted by atomic mass is 16.4. The van der Waals surface area contributed by atoms with Gasteiger partial charge in [0.2, 0.25) is 0 Å². The molecule has 0 aromatic heterocycles. The molecule has 0 radical (unpaired) electrons. The van der Waals surface area contributed by atoms with Gasteiger partial charge in [0.25, 0.3) is 17.7 Å². The van der Waals surface area contributed by atoms with E-state index in [0.29, 0.717) is 11.1 Å². The van der Waals surface area contributed by atoms with Gasteiger partial charge >= 0.3 is 5.97 Å². The normalized spacial score (nSPS) is 10.2. The van der Waals surface area contributed by atoms with E-state index in [-0.39, 0.29) is 28.2 Å². The smallest absolute Gasteiger partial charge is 0.337 e.